The van der Waals surface area contributed by atoms with Gasteiger partial charge in [0.2, 0.25) is 5.91 Å². The first-order valence-electron chi connectivity index (χ1n) is 13.2. The van der Waals surface area contributed by atoms with Gasteiger partial charge in [-0.1, -0.05) is 64.5 Å². The van der Waals surface area contributed by atoms with Crippen LogP contribution in [0.25, 0.3) is 0 Å². The second-order valence-electron chi connectivity index (χ2n) is 8.84. The number of unbranched alkanes of at least 4 members (excludes halogenated alkanes) is 9. The summed E-state index contributed by atoms with van der Waals surface area (Å²) in [4.78, 5) is 43.8. The van der Waals surface area contributed by atoms with Crippen molar-refractivity contribution in [3.63, 3.8) is 0 Å². The number of nitrogens with one attached hydrogen (secondary N) is 1. The van der Waals surface area contributed by atoms with Crippen LogP contribution in [0.1, 0.15) is 97.3 Å². The van der Waals surface area contributed by atoms with Crippen molar-refractivity contribution in [3.05, 3.63) is 12.2 Å². The molecule has 3 atom stereocenters. The van der Waals surface area contributed by atoms with Gasteiger partial charge in [-0.3, -0.25) is 18.6 Å². The molecule has 0 aromatic carbocycles. The highest BCUT2D eigenvalue weighted by molar-refractivity contribution is 7.47. The van der Waals surface area contributed by atoms with Crippen molar-refractivity contribution in [3.8, 4) is 0 Å². The summed E-state index contributed by atoms with van der Waals surface area (Å²) < 4.78 is 26.0. The van der Waals surface area contributed by atoms with Crippen molar-refractivity contribution in [2.24, 2.45) is 0 Å². The van der Waals surface area contributed by atoms with Crippen molar-refractivity contribution in [1.82, 2.24) is 5.32 Å². The highest BCUT2D eigenvalue weighted by atomic mass is 31.2. The second-order valence-corrected chi connectivity index (χ2v) is 10.3. The number of amides is 1. The molecular formula is C25H46NO10P. The predicted molar refractivity (Wildman–Crippen MR) is 139 cm³/mol. The van der Waals surface area contributed by atoms with E-state index in [1.165, 1.54) is 32.6 Å². The Morgan fingerprint density at radius 3 is 2.03 bits per heavy atom. The van der Waals surface area contributed by atoms with E-state index in [1.807, 2.05) is 0 Å². The normalized spacial score (nSPS) is 14.7. The van der Waals surface area contributed by atoms with Crippen LogP contribution in [0.2, 0.25) is 0 Å². The number of aliphatic carboxylic acids is 1. The van der Waals surface area contributed by atoms with E-state index in [2.05, 4.69) is 33.4 Å². The van der Waals surface area contributed by atoms with E-state index in [0.29, 0.717) is 6.42 Å². The average Bonchev–Trinajstić information content (AvgIpc) is 2.86. The van der Waals surface area contributed by atoms with Gasteiger partial charge in [-0.15, -0.1) is 0 Å². The van der Waals surface area contributed by atoms with Crippen LogP contribution in [0.15, 0.2) is 12.2 Å². The standard InChI is InChI=1S/C25H46NO10P/c1-3-5-6-7-8-9-10-11-12-13-14-15-16-17-24(29)34-18-21(27)19-35-37(32,33)36-20-22(25(30)31)26-23(28)4-2/h9-10,21-22,27H,3-8,11-20H2,1-2H3,(H,26,28)(H,30,31)(H,32,33)/b10-9-. The molecule has 0 radical (unpaired) electrons. The largest absolute Gasteiger partial charge is 0.480 e. The number of phosphoric ester groups is 1. The average molecular weight is 552 g/mol. The number of hydrogen-bond acceptors (Lipinski definition) is 8. The minimum absolute atomic E-state index is 0.0269. The van der Waals surface area contributed by atoms with Crippen LogP contribution in [0.3, 0.4) is 0 Å². The minimum Gasteiger partial charge on any atom is -0.480 e. The molecule has 0 saturated carbocycles. The molecule has 0 aromatic heterocycles. The third kappa shape index (κ3) is 22.0. The molecule has 12 heteroatoms. The fourth-order valence-electron chi connectivity index (χ4n) is 3.15. The molecule has 1 amide bonds. The van der Waals surface area contributed by atoms with Crippen LogP contribution in [0.4, 0.5) is 0 Å². The summed E-state index contributed by atoms with van der Waals surface area (Å²) in [6, 6.07) is -1.54. The third-order valence-corrected chi connectivity index (χ3v) is 6.32. The number of carboxylic acids is 1. The fraction of sp³-hybridized carbons (Fsp3) is 0.800. The number of esters is 1. The van der Waals surface area contributed by atoms with Gasteiger partial charge in [0.05, 0.1) is 13.2 Å². The van der Waals surface area contributed by atoms with Gasteiger partial charge >= 0.3 is 19.8 Å². The maximum atomic E-state index is 11.9. The third-order valence-electron chi connectivity index (χ3n) is 5.37. The smallest absolute Gasteiger partial charge is 0.472 e. The Morgan fingerprint density at radius 2 is 1.43 bits per heavy atom. The van der Waals surface area contributed by atoms with Crippen molar-refractivity contribution in [2.45, 2.75) is 109 Å². The number of carboxylic acid groups (broad SMARTS) is 1. The zero-order valence-corrected chi connectivity index (χ0v) is 23.2. The molecule has 0 aliphatic carbocycles. The Morgan fingerprint density at radius 1 is 0.865 bits per heavy atom. The SMILES string of the molecule is CCCCCC/C=C\CCCCCCCC(=O)OCC(O)COP(=O)(O)OCC(NC(=O)CC)C(=O)O. The number of aliphatic hydroxyl groups excluding tert-OH is 1. The van der Waals surface area contributed by atoms with Crippen molar-refractivity contribution < 1.29 is 47.8 Å². The number of ether oxygens (including phenoxy) is 1. The molecule has 0 spiro atoms. The minimum atomic E-state index is -4.70. The topological polar surface area (TPSA) is 169 Å². The highest BCUT2D eigenvalue weighted by Crippen LogP contribution is 2.43. The highest BCUT2D eigenvalue weighted by Gasteiger charge is 2.28. The molecule has 4 N–H and O–H groups in total. The Kier molecular flexibility index (Phi) is 21.2. The summed E-state index contributed by atoms with van der Waals surface area (Å²) in [6.07, 6.45) is 15.6. The predicted octanol–water partition coefficient (Wildman–Crippen LogP) is 4.26. The summed E-state index contributed by atoms with van der Waals surface area (Å²) in [5.74, 6) is -2.50. The lowest BCUT2D eigenvalue weighted by Gasteiger charge is -2.18. The number of rotatable bonds is 24. The summed E-state index contributed by atoms with van der Waals surface area (Å²) in [6.45, 7) is 1.82. The molecule has 0 heterocycles. The van der Waals surface area contributed by atoms with Crippen molar-refractivity contribution in [1.29, 1.82) is 0 Å². The van der Waals surface area contributed by atoms with E-state index in [1.54, 1.807) is 0 Å². The molecule has 216 valence electrons. The van der Waals surface area contributed by atoms with Crippen LogP contribution in [-0.4, -0.2) is 64.9 Å². The van der Waals surface area contributed by atoms with Crippen LogP contribution in [0, 0.1) is 0 Å². The van der Waals surface area contributed by atoms with Gasteiger partial charge in [-0.2, -0.15) is 0 Å². The molecule has 0 aliphatic rings. The first kappa shape index (κ1) is 35.2. The van der Waals surface area contributed by atoms with Crippen molar-refractivity contribution in [2.75, 3.05) is 19.8 Å². The summed E-state index contributed by atoms with van der Waals surface area (Å²) >= 11 is 0. The van der Waals surface area contributed by atoms with Crippen LogP contribution in [-0.2, 0) is 32.7 Å². The first-order chi connectivity index (χ1) is 17.6. The zero-order valence-electron chi connectivity index (χ0n) is 22.3. The van der Waals surface area contributed by atoms with Gasteiger partial charge in [0.25, 0.3) is 0 Å². The van der Waals surface area contributed by atoms with Gasteiger partial charge in [0.1, 0.15) is 12.7 Å². The second kappa shape index (κ2) is 22.2. The number of carbonyl (C=O) groups is 3. The monoisotopic (exact) mass is 551 g/mol. The maximum Gasteiger partial charge on any atom is 0.472 e. The lowest BCUT2D eigenvalue weighted by molar-refractivity contribution is -0.147. The van der Waals surface area contributed by atoms with Crippen LogP contribution in [0.5, 0.6) is 0 Å². The number of hydrogen-bond donors (Lipinski definition) is 4. The Labute approximate surface area is 220 Å². The first-order valence-corrected chi connectivity index (χ1v) is 14.7. The molecule has 0 aromatic rings. The Balaban J connectivity index is 3.87. The van der Waals surface area contributed by atoms with Crippen LogP contribution < -0.4 is 5.32 Å². The summed E-state index contributed by atoms with van der Waals surface area (Å²) in [5.41, 5.74) is 0. The van der Waals surface area contributed by atoms with E-state index >= 15 is 0 Å². The number of aliphatic hydroxyl groups is 1. The van der Waals surface area contributed by atoms with E-state index in [9.17, 15) is 28.9 Å². The number of allylic oxidation sites excluding steroid dienone is 2. The zero-order chi connectivity index (χ0) is 27.9. The molecule has 11 nitrogen and oxygen atoms in total. The van der Waals surface area contributed by atoms with Gasteiger partial charge in [-0.25, -0.2) is 9.36 Å². The molecule has 37 heavy (non-hydrogen) atoms. The number of carbonyl (C=O) groups excluding carboxylic acids is 2. The van der Waals surface area contributed by atoms with E-state index < -0.39 is 57.6 Å². The lowest BCUT2D eigenvalue weighted by atomic mass is 10.1. The number of phosphoric acid groups is 1. The van der Waals surface area contributed by atoms with Gasteiger partial charge in [0, 0.05) is 12.8 Å². The van der Waals surface area contributed by atoms with E-state index in [0.717, 1.165) is 38.5 Å². The molecule has 0 bridgehead atoms. The van der Waals surface area contributed by atoms with Gasteiger partial charge < -0.3 is 25.2 Å². The van der Waals surface area contributed by atoms with Crippen LogP contribution >= 0.6 is 7.82 Å². The molecule has 0 fully saturated rings. The molecule has 3 unspecified atom stereocenters. The fourth-order valence-corrected chi connectivity index (χ4v) is 3.93. The van der Waals surface area contributed by atoms with E-state index in [4.69, 9.17) is 9.84 Å². The molecule has 0 aliphatic heterocycles. The quantitative estimate of drug-likeness (QED) is 0.0588. The Bertz CT molecular complexity index is 716. The molecular weight excluding hydrogens is 505 g/mol. The summed E-state index contributed by atoms with van der Waals surface area (Å²) in [7, 11) is -4.70. The lowest BCUT2D eigenvalue weighted by Crippen LogP contribution is -2.43. The molecule has 0 saturated heterocycles. The van der Waals surface area contributed by atoms with Gasteiger partial charge in [0.15, 0.2) is 6.04 Å². The van der Waals surface area contributed by atoms with Crippen molar-refractivity contribution >= 4 is 25.7 Å². The Hall–Kier alpha value is -1.78. The summed E-state index contributed by atoms with van der Waals surface area (Å²) in [5, 5.41) is 21.0. The molecule has 0 rings (SSSR count). The van der Waals surface area contributed by atoms with E-state index in [-0.39, 0.29) is 12.8 Å². The maximum absolute atomic E-state index is 11.9. The van der Waals surface area contributed by atoms with Gasteiger partial charge in [-0.05, 0) is 32.1 Å².